The fourth-order valence-electron chi connectivity index (χ4n) is 2.17. The third-order valence-electron chi connectivity index (χ3n) is 3.55. The molecule has 0 aliphatic carbocycles. The minimum atomic E-state index is -2.37. The minimum absolute atomic E-state index is 0.230. The van der Waals surface area contributed by atoms with Gasteiger partial charge in [-0.05, 0) is 17.9 Å². The molecule has 2 aromatic carbocycles. The van der Waals surface area contributed by atoms with Crippen molar-refractivity contribution in [3.8, 4) is 5.75 Å². The van der Waals surface area contributed by atoms with Gasteiger partial charge >= 0.3 is 5.97 Å². The van der Waals surface area contributed by atoms with Crippen molar-refractivity contribution < 1.29 is 36.6 Å². The van der Waals surface area contributed by atoms with E-state index in [0.29, 0.717) is 0 Å². The summed E-state index contributed by atoms with van der Waals surface area (Å²) >= 11 is 0. The van der Waals surface area contributed by atoms with Gasteiger partial charge in [-0.2, -0.15) is 8.78 Å². The quantitative estimate of drug-likeness (QED) is 0.292. The highest BCUT2D eigenvalue weighted by atomic mass is 19.2. The number of esters is 1. The smallest absolute Gasteiger partial charge is 0.340 e. The standard InChI is InChI=1S/C17H13F5O3/c1-8(7-9-5-3-2-4-6-9)15(23)17(24)25-16-13(21)11(19)10(18)12(20)14(16)22/h2-6,8,15,23H,7H2,1H3/t8-,15+/m1/s1. The monoisotopic (exact) mass is 360 g/mol. The number of benzene rings is 2. The zero-order valence-electron chi connectivity index (χ0n) is 12.9. The maximum Gasteiger partial charge on any atom is 0.340 e. The zero-order valence-corrected chi connectivity index (χ0v) is 12.9. The van der Waals surface area contributed by atoms with E-state index < -0.39 is 52.8 Å². The summed E-state index contributed by atoms with van der Waals surface area (Å²) in [5, 5.41) is 9.90. The summed E-state index contributed by atoms with van der Waals surface area (Å²) in [7, 11) is 0. The average Bonchev–Trinajstić information content (AvgIpc) is 2.61. The van der Waals surface area contributed by atoms with Crippen molar-refractivity contribution in [2.45, 2.75) is 19.4 Å². The lowest BCUT2D eigenvalue weighted by atomic mass is 9.96. The van der Waals surface area contributed by atoms with Crippen LogP contribution in [0.2, 0.25) is 0 Å². The van der Waals surface area contributed by atoms with Crippen molar-refractivity contribution in [2.24, 2.45) is 5.92 Å². The van der Waals surface area contributed by atoms with E-state index in [1.165, 1.54) is 6.92 Å². The maximum atomic E-state index is 13.5. The van der Waals surface area contributed by atoms with Crippen molar-refractivity contribution in [2.75, 3.05) is 0 Å². The maximum absolute atomic E-state index is 13.5. The van der Waals surface area contributed by atoms with E-state index in [-0.39, 0.29) is 6.42 Å². The van der Waals surface area contributed by atoms with Crippen molar-refractivity contribution in [1.29, 1.82) is 0 Å². The molecule has 0 radical (unpaired) electrons. The van der Waals surface area contributed by atoms with Gasteiger partial charge in [0.05, 0.1) is 0 Å². The largest absolute Gasteiger partial charge is 0.418 e. The molecule has 0 bridgehead atoms. The summed E-state index contributed by atoms with van der Waals surface area (Å²) in [5.74, 6) is -15.4. The van der Waals surface area contributed by atoms with Crippen LogP contribution in [0.1, 0.15) is 12.5 Å². The molecular formula is C17H13F5O3. The molecule has 0 amide bonds. The second-order valence-corrected chi connectivity index (χ2v) is 5.43. The van der Waals surface area contributed by atoms with Crippen LogP contribution < -0.4 is 4.74 Å². The number of carbonyl (C=O) groups is 1. The Labute approximate surface area is 139 Å². The lowest BCUT2D eigenvalue weighted by Gasteiger charge is -2.18. The van der Waals surface area contributed by atoms with Crippen LogP contribution in [0.5, 0.6) is 5.75 Å². The molecule has 2 atom stereocenters. The van der Waals surface area contributed by atoms with E-state index >= 15 is 0 Å². The van der Waals surface area contributed by atoms with Gasteiger partial charge in [-0.1, -0.05) is 37.3 Å². The Morgan fingerprint density at radius 1 is 0.960 bits per heavy atom. The third-order valence-corrected chi connectivity index (χ3v) is 3.55. The van der Waals surface area contributed by atoms with Gasteiger partial charge in [0.1, 0.15) is 0 Å². The number of hydrogen-bond donors (Lipinski definition) is 1. The number of carbonyl (C=O) groups excluding carboxylic acids is 1. The molecule has 3 nitrogen and oxygen atoms in total. The number of hydrogen-bond acceptors (Lipinski definition) is 3. The molecule has 8 heteroatoms. The molecular weight excluding hydrogens is 347 g/mol. The number of rotatable bonds is 5. The highest BCUT2D eigenvalue weighted by Gasteiger charge is 2.31. The van der Waals surface area contributed by atoms with Crippen LogP contribution in [0.4, 0.5) is 22.0 Å². The lowest BCUT2D eigenvalue weighted by Crippen LogP contribution is -2.33. The topological polar surface area (TPSA) is 46.5 Å². The summed E-state index contributed by atoms with van der Waals surface area (Å²) in [4.78, 5) is 11.8. The Morgan fingerprint density at radius 2 is 1.44 bits per heavy atom. The molecule has 2 aromatic rings. The molecule has 0 aliphatic heterocycles. The number of halogens is 5. The SMILES string of the molecule is C[C@H](Cc1ccccc1)[C@H](O)C(=O)Oc1c(F)c(F)c(F)c(F)c1F. The summed E-state index contributed by atoms with van der Waals surface area (Å²) in [6.07, 6.45) is -1.59. The highest BCUT2D eigenvalue weighted by Crippen LogP contribution is 2.29. The normalized spacial score (nSPS) is 13.4. The predicted octanol–water partition coefficient (Wildman–Crippen LogP) is 3.53. The highest BCUT2D eigenvalue weighted by molar-refractivity contribution is 5.77. The summed E-state index contributed by atoms with van der Waals surface area (Å²) in [5.41, 5.74) is 0.776. The van der Waals surface area contributed by atoms with Gasteiger partial charge in [-0.3, -0.25) is 0 Å². The van der Waals surface area contributed by atoms with Crippen LogP contribution in [-0.2, 0) is 11.2 Å². The van der Waals surface area contributed by atoms with E-state index in [4.69, 9.17) is 0 Å². The average molecular weight is 360 g/mol. The summed E-state index contributed by atoms with van der Waals surface area (Å²) in [6, 6.07) is 8.71. The van der Waals surface area contributed by atoms with Gasteiger partial charge in [0.2, 0.25) is 34.8 Å². The molecule has 0 fully saturated rings. The van der Waals surface area contributed by atoms with Crippen molar-refractivity contribution in [1.82, 2.24) is 0 Å². The first kappa shape index (κ1) is 18.9. The van der Waals surface area contributed by atoms with Crippen LogP contribution in [0, 0.1) is 35.0 Å². The Hall–Kier alpha value is -2.48. The zero-order chi connectivity index (χ0) is 18.7. The number of ether oxygens (including phenoxy) is 1. The Bertz CT molecular complexity index is 751. The first-order valence-electron chi connectivity index (χ1n) is 7.19. The van der Waals surface area contributed by atoms with E-state index in [1.807, 2.05) is 0 Å². The molecule has 0 saturated heterocycles. The molecule has 0 unspecified atom stereocenters. The van der Waals surface area contributed by atoms with Crippen LogP contribution >= 0.6 is 0 Å². The first-order chi connectivity index (χ1) is 11.7. The van der Waals surface area contributed by atoms with Gasteiger partial charge in [-0.25, -0.2) is 18.0 Å². The molecule has 25 heavy (non-hydrogen) atoms. The number of aliphatic hydroxyl groups is 1. The summed E-state index contributed by atoms with van der Waals surface area (Å²) in [6.45, 7) is 1.47. The number of aliphatic hydroxyl groups excluding tert-OH is 1. The fourth-order valence-corrected chi connectivity index (χ4v) is 2.17. The van der Waals surface area contributed by atoms with Crippen molar-refractivity contribution in [3.63, 3.8) is 0 Å². The van der Waals surface area contributed by atoms with E-state index in [0.717, 1.165) is 5.56 Å². The van der Waals surface area contributed by atoms with Crippen molar-refractivity contribution in [3.05, 3.63) is 65.0 Å². The minimum Gasteiger partial charge on any atom is -0.418 e. The van der Waals surface area contributed by atoms with Crippen LogP contribution in [0.3, 0.4) is 0 Å². The van der Waals surface area contributed by atoms with Gasteiger partial charge in [0.15, 0.2) is 6.10 Å². The first-order valence-corrected chi connectivity index (χ1v) is 7.19. The van der Waals surface area contributed by atoms with Gasteiger partial charge < -0.3 is 9.84 Å². The lowest BCUT2D eigenvalue weighted by molar-refractivity contribution is -0.146. The van der Waals surface area contributed by atoms with Crippen molar-refractivity contribution >= 4 is 5.97 Å². The van der Waals surface area contributed by atoms with Crippen LogP contribution in [-0.4, -0.2) is 17.2 Å². The molecule has 0 aliphatic rings. The van der Waals surface area contributed by atoms with E-state index in [2.05, 4.69) is 4.74 Å². The Balaban J connectivity index is 2.16. The molecule has 0 spiro atoms. The fraction of sp³-hybridized carbons (Fsp3) is 0.235. The van der Waals surface area contributed by atoms with E-state index in [1.54, 1.807) is 30.3 Å². The second kappa shape index (κ2) is 7.60. The molecule has 0 heterocycles. The third kappa shape index (κ3) is 3.96. The van der Waals surface area contributed by atoms with Crippen LogP contribution in [0.25, 0.3) is 0 Å². The Morgan fingerprint density at radius 3 is 1.96 bits per heavy atom. The molecule has 1 N–H and O–H groups in total. The molecule has 134 valence electrons. The van der Waals surface area contributed by atoms with Gasteiger partial charge in [-0.15, -0.1) is 0 Å². The van der Waals surface area contributed by atoms with E-state index in [9.17, 15) is 31.9 Å². The second-order valence-electron chi connectivity index (χ2n) is 5.43. The molecule has 0 saturated carbocycles. The predicted molar refractivity (Wildman–Crippen MR) is 77.2 cm³/mol. The molecule has 2 rings (SSSR count). The van der Waals surface area contributed by atoms with Crippen LogP contribution in [0.15, 0.2) is 30.3 Å². The molecule has 0 aromatic heterocycles. The summed E-state index contributed by atoms with van der Waals surface area (Å²) < 4.78 is 70.3. The van der Waals surface area contributed by atoms with Gasteiger partial charge in [0, 0.05) is 0 Å². The Kier molecular flexibility index (Phi) is 5.73. The van der Waals surface area contributed by atoms with Gasteiger partial charge in [0.25, 0.3) is 0 Å².